The molecule has 1 aromatic heterocycles. The van der Waals surface area contributed by atoms with Gasteiger partial charge >= 0.3 is 0 Å². The van der Waals surface area contributed by atoms with E-state index in [1.54, 1.807) is 13.2 Å². The number of ether oxygens (including phenoxy) is 1. The molecule has 0 atom stereocenters. The van der Waals surface area contributed by atoms with Crippen molar-refractivity contribution in [2.45, 2.75) is 39.3 Å². The van der Waals surface area contributed by atoms with Gasteiger partial charge in [-0.3, -0.25) is 4.99 Å². The van der Waals surface area contributed by atoms with Gasteiger partial charge in [-0.15, -0.1) is 0 Å². The van der Waals surface area contributed by atoms with E-state index in [1.807, 2.05) is 0 Å². The fourth-order valence-electron chi connectivity index (χ4n) is 3.07. The smallest absolute Gasteiger partial charge is 0.213 e. The van der Waals surface area contributed by atoms with Crippen molar-refractivity contribution in [2.24, 2.45) is 4.99 Å². The number of nitrogens with zero attached hydrogens (tertiary/aromatic N) is 3. The molecule has 1 saturated heterocycles. The number of guanidine groups is 1. The van der Waals surface area contributed by atoms with Crippen LogP contribution in [-0.2, 0) is 23.2 Å². The highest BCUT2D eigenvalue weighted by Crippen LogP contribution is 2.23. The Morgan fingerprint density at radius 2 is 1.86 bits per heavy atom. The molecule has 7 heteroatoms. The van der Waals surface area contributed by atoms with Crippen molar-refractivity contribution in [1.82, 2.24) is 15.6 Å². The van der Waals surface area contributed by atoms with Gasteiger partial charge < -0.3 is 24.7 Å². The van der Waals surface area contributed by atoms with E-state index in [9.17, 15) is 0 Å². The topological polar surface area (TPSA) is 74.9 Å². The molecule has 2 heterocycles. The molecule has 3 rings (SSSR count). The Labute approximate surface area is 167 Å². The maximum absolute atomic E-state index is 5.83. The number of para-hydroxylation sites is 1. The monoisotopic (exact) mass is 385 g/mol. The quantitative estimate of drug-likeness (QED) is 0.609. The Morgan fingerprint density at radius 3 is 2.54 bits per heavy atom. The van der Waals surface area contributed by atoms with E-state index in [0.717, 1.165) is 32.1 Å². The minimum absolute atomic E-state index is 0.0472. The number of oxazole rings is 1. The summed E-state index contributed by atoms with van der Waals surface area (Å²) in [5, 5.41) is 6.65. The lowest BCUT2D eigenvalue weighted by molar-refractivity contribution is 0.122. The summed E-state index contributed by atoms with van der Waals surface area (Å²) in [7, 11) is 1.76. The van der Waals surface area contributed by atoms with Crippen LogP contribution in [0.5, 0.6) is 0 Å². The molecule has 0 unspecified atom stereocenters. The van der Waals surface area contributed by atoms with Gasteiger partial charge in [0.15, 0.2) is 5.96 Å². The average Bonchev–Trinajstić information content (AvgIpc) is 3.19. The number of aliphatic imine (C=N–C) groups is 1. The normalized spacial score (nSPS) is 15.6. The van der Waals surface area contributed by atoms with Crippen molar-refractivity contribution in [1.29, 1.82) is 0 Å². The number of hydrogen-bond acceptors (Lipinski definition) is 5. The summed E-state index contributed by atoms with van der Waals surface area (Å²) in [6.07, 6.45) is 1.80. The van der Waals surface area contributed by atoms with Crippen LogP contribution in [0.1, 0.15) is 38.0 Å². The van der Waals surface area contributed by atoms with Crippen molar-refractivity contribution in [3.8, 4) is 0 Å². The SMILES string of the molecule is CN=C(NCc1ncc(C(C)(C)C)o1)NCc1ccccc1N1CCOCC1. The summed E-state index contributed by atoms with van der Waals surface area (Å²) in [5.41, 5.74) is 2.43. The number of hydrogen-bond donors (Lipinski definition) is 2. The molecule has 0 spiro atoms. The zero-order valence-corrected chi connectivity index (χ0v) is 17.3. The Morgan fingerprint density at radius 1 is 1.14 bits per heavy atom. The summed E-state index contributed by atoms with van der Waals surface area (Å²) in [4.78, 5) is 11.0. The van der Waals surface area contributed by atoms with Gasteiger partial charge in [-0.2, -0.15) is 0 Å². The van der Waals surface area contributed by atoms with Crippen LogP contribution >= 0.6 is 0 Å². The number of aromatic nitrogens is 1. The Kier molecular flexibility index (Phi) is 6.57. The van der Waals surface area contributed by atoms with Gasteiger partial charge in [0.2, 0.25) is 5.89 Å². The van der Waals surface area contributed by atoms with Crippen LogP contribution in [0.15, 0.2) is 39.9 Å². The third-order valence-electron chi connectivity index (χ3n) is 4.71. The van der Waals surface area contributed by atoms with Gasteiger partial charge in [-0.05, 0) is 11.6 Å². The fraction of sp³-hybridized carbons (Fsp3) is 0.524. The number of nitrogens with one attached hydrogen (secondary N) is 2. The molecule has 1 fully saturated rings. The van der Waals surface area contributed by atoms with Crippen LogP contribution in [0.4, 0.5) is 5.69 Å². The molecule has 1 aliphatic rings. The van der Waals surface area contributed by atoms with E-state index in [4.69, 9.17) is 9.15 Å². The highest BCUT2D eigenvalue weighted by molar-refractivity contribution is 5.79. The highest BCUT2D eigenvalue weighted by atomic mass is 16.5. The highest BCUT2D eigenvalue weighted by Gasteiger charge is 2.19. The van der Waals surface area contributed by atoms with E-state index in [2.05, 4.69) is 70.5 Å². The van der Waals surface area contributed by atoms with Gasteiger partial charge in [0.25, 0.3) is 0 Å². The number of morpholine rings is 1. The zero-order valence-electron chi connectivity index (χ0n) is 17.3. The second kappa shape index (κ2) is 9.10. The van der Waals surface area contributed by atoms with E-state index >= 15 is 0 Å². The van der Waals surface area contributed by atoms with Gasteiger partial charge in [0.05, 0.1) is 26.0 Å². The molecule has 28 heavy (non-hydrogen) atoms. The van der Waals surface area contributed by atoms with Crippen LogP contribution in [-0.4, -0.2) is 44.3 Å². The van der Waals surface area contributed by atoms with Crippen molar-refractivity contribution in [3.05, 3.63) is 47.7 Å². The van der Waals surface area contributed by atoms with E-state index in [-0.39, 0.29) is 5.41 Å². The lowest BCUT2D eigenvalue weighted by Crippen LogP contribution is -2.39. The van der Waals surface area contributed by atoms with E-state index in [1.165, 1.54) is 11.3 Å². The lowest BCUT2D eigenvalue weighted by atomic mass is 9.94. The van der Waals surface area contributed by atoms with Gasteiger partial charge in [0.1, 0.15) is 5.76 Å². The number of rotatable bonds is 5. The summed E-state index contributed by atoms with van der Waals surface area (Å²) in [6.45, 7) is 10.9. The molecule has 0 bridgehead atoms. The molecular weight excluding hydrogens is 354 g/mol. The summed E-state index contributed by atoms with van der Waals surface area (Å²) < 4.78 is 11.3. The van der Waals surface area contributed by atoms with Crippen molar-refractivity contribution < 1.29 is 9.15 Å². The van der Waals surface area contributed by atoms with Gasteiger partial charge in [0, 0.05) is 37.8 Å². The van der Waals surface area contributed by atoms with Crippen molar-refractivity contribution in [2.75, 3.05) is 38.3 Å². The van der Waals surface area contributed by atoms with Crippen molar-refractivity contribution >= 4 is 11.6 Å². The van der Waals surface area contributed by atoms with E-state index in [0.29, 0.717) is 24.9 Å². The first-order valence-electron chi connectivity index (χ1n) is 9.77. The molecule has 1 aliphatic heterocycles. The maximum Gasteiger partial charge on any atom is 0.213 e. The Hall–Kier alpha value is -2.54. The summed E-state index contributed by atoms with van der Waals surface area (Å²) in [5.74, 6) is 2.25. The molecule has 2 N–H and O–H groups in total. The first kappa shape index (κ1) is 20.2. The molecule has 0 radical (unpaired) electrons. The van der Waals surface area contributed by atoms with Gasteiger partial charge in [-0.25, -0.2) is 4.98 Å². The first-order valence-corrected chi connectivity index (χ1v) is 9.77. The molecule has 2 aromatic rings. The third kappa shape index (κ3) is 5.25. The number of benzene rings is 1. The van der Waals surface area contributed by atoms with Crippen LogP contribution in [0.2, 0.25) is 0 Å². The average molecular weight is 386 g/mol. The minimum atomic E-state index is -0.0472. The first-order chi connectivity index (χ1) is 13.5. The summed E-state index contributed by atoms with van der Waals surface area (Å²) >= 11 is 0. The Bertz CT molecular complexity index is 788. The second-order valence-electron chi connectivity index (χ2n) is 7.88. The molecule has 0 aliphatic carbocycles. The molecule has 0 amide bonds. The van der Waals surface area contributed by atoms with Crippen LogP contribution in [0, 0.1) is 0 Å². The third-order valence-corrected chi connectivity index (χ3v) is 4.71. The predicted molar refractivity (Wildman–Crippen MR) is 112 cm³/mol. The fourth-order valence-corrected chi connectivity index (χ4v) is 3.07. The molecule has 0 saturated carbocycles. The van der Waals surface area contributed by atoms with Gasteiger partial charge in [-0.1, -0.05) is 39.0 Å². The van der Waals surface area contributed by atoms with Crippen LogP contribution in [0.3, 0.4) is 0 Å². The van der Waals surface area contributed by atoms with Crippen molar-refractivity contribution in [3.63, 3.8) is 0 Å². The molecule has 1 aromatic carbocycles. The van der Waals surface area contributed by atoms with Crippen LogP contribution < -0.4 is 15.5 Å². The maximum atomic E-state index is 5.83. The molecule has 7 nitrogen and oxygen atoms in total. The molecule has 152 valence electrons. The molecular formula is C21H31N5O2. The standard InChI is InChI=1S/C21H31N5O2/c1-21(2,3)18-14-23-19(28-18)15-25-20(22-4)24-13-16-7-5-6-8-17(16)26-9-11-27-12-10-26/h5-8,14H,9-13,15H2,1-4H3,(H2,22,24,25). The largest absolute Gasteiger partial charge is 0.443 e. The van der Waals surface area contributed by atoms with Crippen LogP contribution in [0.25, 0.3) is 0 Å². The summed E-state index contributed by atoms with van der Waals surface area (Å²) in [6, 6.07) is 8.46. The second-order valence-corrected chi connectivity index (χ2v) is 7.88. The zero-order chi connectivity index (χ0) is 20.0. The minimum Gasteiger partial charge on any atom is -0.443 e. The number of anilines is 1. The Balaban J connectivity index is 1.57. The predicted octanol–water partition coefficient (Wildman–Crippen LogP) is 2.67. The lowest BCUT2D eigenvalue weighted by Gasteiger charge is -2.30. The van der Waals surface area contributed by atoms with E-state index < -0.39 is 0 Å².